The maximum Gasteiger partial charge on any atom is 0.270 e. The zero-order chi connectivity index (χ0) is 24.1. The molecule has 1 aliphatic rings. The molecule has 0 saturated heterocycles. The third-order valence-corrected chi connectivity index (χ3v) is 6.90. The Labute approximate surface area is 201 Å². The van der Waals surface area contributed by atoms with Crippen molar-refractivity contribution in [1.29, 1.82) is 0 Å². The Bertz CT molecular complexity index is 1250. The van der Waals surface area contributed by atoms with E-state index >= 15 is 0 Å². The zero-order valence-electron chi connectivity index (χ0n) is 19.0. The van der Waals surface area contributed by atoms with Crippen LogP contribution in [0.15, 0.2) is 47.5 Å². The van der Waals surface area contributed by atoms with Gasteiger partial charge in [-0.15, -0.1) is 11.3 Å². The third-order valence-electron chi connectivity index (χ3n) is 5.70. The number of carbonyl (C=O) groups is 1. The molecule has 9 heteroatoms. The average Bonchev–Trinajstić information content (AvgIpc) is 3.04. The Morgan fingerprint density at radius 1 is 1.12 bits per heavy atom. The quantitative estimate of drug-likeness (QED) is 0.195. The molecule has 2 aromatic carbocycles. The largest absolute Gasteiger partial charge is 0.497 e. The van der Waals surface area contributed by atoms with E-state index in [1.807, 2.05) is 0 Å². The molecule has 34 heavy (non-hydrogen) atoms. The lowest BCUT2D eigenvalue weighted by Crippen LogP contribution is -2.14. The minimum Gasteiger partial charge on any atom is -0.497 e. The Morgan fingerprint density at radius 2 is 1.94 bits per heavy atom. The lowest BCUT2D eigenvalue weighted by Gasteiger charge is -2.12. The van der Waals surface area contributed by atoms with Crippen molar-refractivity contribution in [3.8, 4) is 11.5 Å². The molecule has 1 N–H and O–H groups in total. The molecule has 0 atom stereocenters. The first kappa shape index (κ1) is 23.4. The molecule has 8 nitrogen and oxygen atoms in total. The van der Waals surface area contributed by atoms with Crippen LogP contribution >= 0.6 is 11.3 Å². The number of hydrogen-bond acceptors (Lipinski definition) is 7. The molecule has 0 aliphatic heterocycles. The fourth-order valence-electron chi connectivity index (χ4n) is 3.99. The number of amides is 1. The van der Waals surface area contributed by atoms with E-state index in [0.29, 0.717) is 33.3 Å². The Morgan fingerprint density at radius 3 is 2.71 bits per heavy atom. The summed E-state index contributed by atoms with van der Waals surface area (Å²) in [4.78, 5) is 29.9. The number of carbonyl (C=O) groups excluding carboxylic acids is 1. The van der Waals surface area contributed by atoms with Crippen molar-refractivity contribution in [3.05, 3.63) is 74.1 Å². The number of hydrogen-bond donors (Lipinski definition) is 1. The Kier molecular flexibility index (Phi) is 7.22. The highest BCUT2D eigenvalue weighted by Gasteiger charge is 2.25. The van der Waals surface area contributed by atoms with E-state index in [4.69, 9.17) is 9.47 Å². The molecule has 4 rings (SSSR count). The van der Waals surface area contributed by atoms with E-state index in [1.165, 1.54) is 35.5 Å². The molecule has 3 aromatic rings. The molecule has 1 heterocycles. The van der Waals surface area contributed by atoms with Crippen LogP contribution in [0.4, 0.5) is 16.4 Å². The number of fused-ring (bicyclic) bond motifs is 1. The summed E-state index contributed by atoms with van der Waals surface area (Å²) in [6, 6.07) is 11.5. The van der Waals surface area contributed by atoms with Crippen molar-refractivity contribution >= 4 is 39.8 Å². The highest BCUT2D eigenvalue weighted by Crippen LogP contribution is 2.40. The molecule has 1 aliphatic carbocycles. The Balaban J connectivity index is 1.70. The number of ether oxygens (including phenoxy) is 2. The van der Waals surface area contributed by atoms with Crippen LogP contribution in [0.1, 0.15) is 45.6 Å². The van der Waals surface area contributed by atoms with Crippen LogP contribution in [0.25, 0.3) is 0 Å². The molecule has 0 unspecified atom stereocenters. The van der Waals surface area contributed by atoms with Gasteiger partial charge in [-0.2, -0.15) is 0 Å². The van der Waals surface area contributed by atoms with Crippen LogP contribution < -0.4 is 14.8 Å². The van der Waals surface area contributed by atoms with Crippen molar-refractivity contribution in [2.24, 2.45) is 4.99 Å². The minimum atomic E-state index is -0.439. The molecule has 0 fully saturated rings. The summed E-state index contributed by atoms with van der Waals surface area (Å²) < 4.78 is 10.7. The molecule has 0 bridgehead atoms. The van der Waals surface area contributed by atoms with Gasteiger partial charge in [-0.25, -0.2) is 4.99 Å². The molecule has 176 valence electrons. The van der Waals surface area contributed by atoms with Gasteiger partial charge in [0.2, 0.25) is 0 Å². The number of methoxy groups -OCH3 is 2. The maximum atomic E-state index is 13.5. The molecule has 0 radical (unpaired) electrons. The van der Waals surface area contributed by atoms with Crippen LogP contribution in [0, 0.1) is 10.1 Å². The topological polar surface area (TPSA) is 103 Å². The second kappa shape index (κ2) is 10.5. The van der Waals surface area contributed by atoms with E-state index in [2.05, 4.69) is 10.3 Å². The molecular formula is C25H25N3O5S. The van der Waals surface area contributed by atoms with Crippen LogP contribution in [0.3, 0.4) is 0 Å². The molecule has 0 spiro atoms. The second-order valence-corrected chi connectivity index (χ2v) is 8.96. The number of nitro groups is 1. The number of nitro benzene ring substituents is 1. The maximum absolute atomic E-state index is 13.5. The monoisotopic (exact) mass is 479 g/mol. The number of benzene rings is 2. The van der Waals surface area contributed by atoms with Crippen LogP contribution in [-0.4, -0.2) is 31.3 Å². The number of nitrogens with one attached hydrogen (secondary N) is 1. The first-order chi connectivity index (χ1) is 16.5. The van der Waals surface area contributed by atoms with Crippen molar-refractivity contribution in [2.75, 3.05) is 19.5 Å². The fourth-order valence-corrected chi connectivity index (χ4v) is 5.22. The number of anilines is 1. The van der Waals surface area contributed by atoms with Crippen molar-refractivity contribution < 1.29 is 19.2 Å². The van der Waals surface area contributed by atoms with Crippen LogP contribution in [0.2, 0.25) is 0 Å². The number of rotatable bonds is 7. The summed E-state index contributed by atoms with van der Waals surface area (Å²) in [7, 11) is 3.11. The number of aryl methyl sites for hydroxylation is 1. The molecular weight excluding hydrogens is 454 g/mol. The van der Waals surface area contributed by atoms with Gasteiger partial charge in [0.25, 0.3) is 11.6 Å². The fraction of sp³-hybridized carbons (Fsp3) is 0.280. The molecule has 0 saturated carbocycles. The standard InChI is InChI=1S/C25H25N3O5S/c1-32-18-11-12-20(21(14-18)33-2)27-24(29)23-19-9-4-3-5-10-22(19)34-25(23)26-15-16-7-6-8-17(13-16)28(30)31/h6-8,11-15H,3-5,9-10H2,1-2H3,(H,27,29). The van der Waals surface area contributed by atoms with Crippen molar-refractivity contribution in [3.63, 3.8) is 0 Å². The minimum absolute atomic E-state index is 0.00419. The number of thiophene rings is 1. The zero-order valence-corrected chi connectivity index (χ0v) is 19.8. The normalized spacial score (nSPS) is 13.2. The van der Waals surface area contributed by atoms with Gasteiger partial charge in [0.05, 0.1) is 30.4 Å². The first-order valence-corrected chi connectivity index (χ1v) is 11.8. The van der Waals surface area contributed by atoms with Gasteiger partial charge in [0.15, 0.2) is 0 Å². The van der Waals surface area contributed by atoms with E-state index in [1.54, 1.807) is 43.7 Å². The average molecular weight is 480 g/mol. The van der Waals surface area contributed by atoms with Gasteiger partial charge in [0, 0.05) is 29.3 Å². The van der Waals surface area contributed by atoms with E-state index in [0.717, 1.165) is 37.7 Å². The predicted molar refractivity (Wildman–Crippen MR) is 133 cm³/mol. The Hall–Kier alpha value is -3.72. The highest BCUT2D eigenvalue weighted by molar-refractivity contribution is 7.16. The first-order valence-electron chi connectivity index (χ1n) is 11.0. The van der Waals surface area contributed by atoms with Gasteiger partial charge >= 0.3 is 0 Å². The smallest absolute Gasteiger partial charge is 0.270 e. The third kappa shape index (κ3) is 5.09. The predicted octanol–water partition coefficient (Wildman–Crippen LogP) is 5.95. The van der Waals surface area contributed by atoms with Crippen LogP contribution in [-0.2, 0) is 12.8 Å². The molecule has 1 amide bonds. The summed E-state index contributed by atoms with van der Waals surface area (Å²) in [5.41, 5.74) is 2.73. The summed E-state index contributed by atoms with van der Waals surface area (Å²) in [6.07, 6.45) is 6.53. The number of non-ortho nitro benzene ring substituents is 1. The van der Waals surface area contributed by atoms with Gasteiger partial charge in [-0.1, -0.05) is 18.6 Å². The van der Waals surface area contributed by atoms with Gasteiger partial charge < -0.3 is 14.8 Å². The van der Waals surface area contributed by atoms with Crippen molar-refractivity contribution in [1.82, 2.24) is 0 Å². The summed E-state index contributed by atoms with van der Waals surface area (Å²) in [5, 5.41) is 14.7. The SMILES string of the molecule is COc1ccc(NC(=O)c2c(N=Cc3cccc([N+](=O)[O-])c3)sc3c2CCCCC3)c(OC)c1. The summed E-state index contributed by atoms with van der Waals surface area (Å²) in [6.45, 7) is 0. The second-order valence-electron chi connectivity index (χ2n) is 7.88. The highest BCUT2D eigenvalue weighted by atomic mass is 32.1. The van der Waals surface area contributed by atoms with Gasteiger partial charge in [-0.05, 0) is 48.9 Å². The van der Waals surface area contributed by atoms with Gasteiger partial charge in [0.1, 0.15) is 16.5 Å². The van der Waals surface area contributed by atoms with Gasteiger partial charge in [-0.3, -0.25) is 14.9 Å². The number of aliphatic imine (C=N–C) groups is 1. The number of nitrogens with zero attached hydrogens (tertiary/aromatic N) is 2. The van der Waals surface area contributed by atoms with E-state index in [9.17, 15) is 14.9 Å². The lowest BCUT2D eigenvalue weighted by molar-refractivity contribution is -0.384. The molecule has 1 aromatic heterocycles. The van der Waals surface area contributed by atoms with E-state index in [-0.39, 0.29) is 11.6 Å². The van der Waals surface area contributed by atoms with Crippen molar-refractivity contribution in [2.45, 2.75) is 32.1 Å². The van der Waals surface area contributed by atoms with Crippen LogP contribution in [0.5, 0.6) is 11.5 Å². The lowest BCUT2D eigenvalue weighted by atomic mass is 10.0. The van der Waals surface area contributed by atoms with E-state index < -0.39 is 4.92 Å². The summed E-state index contributed by atoms with van der Waals surface area (Å²) >= 11 is 1.52. The summed E-state index contributed by atoms with van der Waals surface area (Å²) in [5.74, 6) is 0.867.